The largest absolute Gasteiger partial charge is 0.504 e. The highest BCUT2D eigenvalue weighted by Gasteiger charge is 2.49. The molecule has 0 saturated carbocycles. The van der Waals surface area contributed by atoms with Crippen LogP contribution in [0, 0.1) is 39.5 Å². The van der Waals surface area contributed by atoms with E-state index in [2.05, 4.69) is 65.4 Å². The van der Waals surface area contributed by atoms with E-state index in [9.17, 15) is 0 Å². The molecule has 22 nitrogen and oxygen atoms in total. The zero-order chi connectivity index (χ0) is 83.6. The minimum absolute atomic E-state index is 0.0442. The normalized spacial score (nSPS) is 13.9. The van der Waals surface area contributed by atoms with Crippen LogP contribution in [0.4, 0.5) is 0 Å². The first-order chi connectivity index (χ1) is 55.2. The molecule has 0 bridgehead atoms. The van der Waals surface area contributed by atoms with Crippen LogP contribution >= 0.6 is 0 Å². The Balaban J connectivity index is 1.16. The van der Waals surface area contributed by atoms with Crippen LogP contribution in [0.5, 0.6) is 57.8 Å². The van der Waals surface area contributed by atoms with Gasteiger partial charge in [-0.25, -0.2) is 19.6 Å². The van der Waals surface area contributed by atoms with Gasteiger partial charge in [0.2, 0.25) is 11.8 Å². The smallest absolute Gasteiger partial charge is 0.456 e. The minimum Gasteiger partial charge on any atom is -0.456 e. The average Bonchev–Trinajstić information content (AvgIpc) is 0.669. The topological polar surface area (TPSA) is 245 Å². The number of ether oxygens (including phenoxy) is 6. The number of amides is 4. The zero-order valence-corrected chi connectivity index (χ0v) is 71.9. The van der Waals surface area contributed by atoms with Crippen molar-refractivity contribution < 1.29 is 83.7 Å². The Morgan fingerprint density at radius 3 is 0.793 bits per heavy atom. The van der Waals surface area contributed by atoms with E-state index in [1.165, 1.54) is 55.1 Å². The first kappa shape index (κ1) is 83.2. The Labute approximate surface area is 678 Å². The maximum absolute atomic E-state index is 16.7. The van der Waals surface area contributed by atoms with Crippen molar-refractivity contribution in [1.29, 1.82) is 0 Å². The van der Waals surface area contributed by atoms with Crippen LogP contribution in [0.1, 0.15) is 204 Å². The lowest BCUT2D eigenvalue weighted by molar-refractivity contribution is -0.141. The molecular weight excluding hydrogens is 1510 g/mol. The van der Waals surface area contributed by atoms with E-state index in [-0.39, 0.29) is 136 Å². The van der Waals surface area contributed by atoms with Crippen LogP contribution in [0.2, 0.25) is 0 Å². The van der Waals surface area contributed by atoms with Gasteiger partial charge in [0.15, 0.2) is 0 Å². The fraction of sp³-hybridized carbons (Fsp3) is 0.348. The summed E-state index contributed by atoms with van der Waals surface area (Å²) in [4.78, 5) is 108. The molecule has 2 aliphatic rings. The second kappa shape index (κ2) is 33.1. The molecule has 9 aromatic carbocycles. The van der Waals surface area contributed by atoms with Crippen LogP contribution in [0.15, 0.2) is 134 Å². The second-order valence-electron chi connectivity index (χ2n) is 31.9. The maximum atomic E-state index is 16.7. The Morgan fingerprint density at radius 1 is 0.328 bits per heavy atom. The van der Waals surface area contributed by atoms with Gasteiger partial charge in [-0.1, -0.05) is 132 Å². The van der Waals surface area contributed by atoms with Crippen molar-refractivity contribution in [2.45, 2.75) is 159 Å². The number of carbonyl (C=O) groups is 6. The van der Waals surface area contributed by atoms with Crippen molar-refractivity contribution in [3.63, 3.8) is 0 Å². The summed E-state index contributed by atoms with van der Waals surface area (Å²) in [6.07, 6.45) is 2.93. The monoisotopic (exact) mass is 1600 g/mol. The van der Waals surface area contributed by atoms with Gasteiger partial charge < -0.3 is 55.0 Å². The van der Waals surface area contributed by atoms with Crippen LogP contribution in [-0.2, 0) is 48.2 Å². The van der Waals surface area contributed by atoms with Crippen LogP contribution in [-0.4, -0.2) is 128 Å². The van der Waals surface area contributed by atoms with E-state index in [0.717, 1.165) is 54.3 Å². The van der Waals surface area contributed by atoms with E-state index in [1.807, 2.05) is 100 Å². The molecule has 2 aliphatic heterocycles. The molecule has 0 spiro atoms. The Kier molecular flexibility index (Phi) is 23.7. The summed E-state index contributed by atoms with van der Waals surface area (Å²) >= 11 is 0. The van der Waals surface area contributed by atoms with Gasteiger partial charge in [-0.05, 0) is 180 Å². The summed E-state index contributed by atoms with van der Waals surface area (Å²) in [5.74, 6) is -4.95. The number of hydrogen-bond acceptors (Lipinski definition) is 20. The fourth-order valence-electron chi connectivity index (χ4n) is 15.8. The third-order valence-corrected chi connectivity index (χ3v) is 27.7. The molecule has 11 aromatic rings. The van der Waals surface area contributed by atoms with Crippen molar-refractivity contribution in [2.75, 3.05) is 42.7 Å². The van der Waals surface area contributed by atoms with Crippen LogP contribution in [0.3, 0.4) is 0 Å². The van der Waals surface area contributed by atoms with E-state index in [4.69, 9.17) is 55.0 Å². The van der Waals surface area contributed by atoms with Crippen LogP contribution < -0.4 is 28.4 Å². The molecule has 2 unspecified atom stereocenters. The third kappa shape index (κ3) is 15.3. The van der Waals surface area contributed by atoms with Gasteiger partial charge in [0.25, 0.3) is 23.6 Å². The lowest BCUT2D eigenvalue weighted by Gasteiger charge is -2.36. The van der Waals surface area contributed by atoms with Crippen molar-refractivity contribution in [3.8, 4) is 57.8 Å². The lowest BCUT2D eigenvalue weighted by atomic mass is 9.80. The number of fused-ring (bicyclic) bond motifs is 2. The third-order valence-electron chi connectivity index (χ3n) is 22.3. The molecule has 2 aromatic heterocycles. The van der Waals surface area contributed by atoms with E-state index in [0.29, 0.717) is 34.1 Å². The number of carbonyl (C=O) groups excluding carboxylic acids is 6. The number of esters is 2. The molecule has 24 heteroatoms. The molecule has 0 N–H and O–H groups in total. The number of benzene rings is 9. The van der Waals surface area contributed by atoms with Crippen molar-refractivity contribution >= 4 is 96.3 Å². The fourth-order valence-corrected chi connectivity index (χ4v) is 19.1. The molecule has 4 heterocycles. The molecule has 604 valence electrons. The zero-order valence-electron chi connectivity index (χ0n) is 69.9. The molecule has 0 radical (unpaired) electrons. The summed E-state index contributed by atoms with van der Waals surface area (Å²) < 4.78 is 76.8. The molecule has 13 rings (SSSR count). The highest BCUT2D eigenvalue weighted by molar-refractivity contribution is 6.60. The summed E-state index contributed by atoms with van der Waals surface area (Å²) in [5.41, 5.74) is 8.05. The van der Waals surface area contributed by atoms with Gasteiger partial charge in [-0.3, -0.25) is 29.0 Å². The Bertz CT molecular complexity index is 5140. The molecular formula is C92H100N4O18Si2. The molecule has 2 atom stereocenters. The molecule has 4 amide bonds. The van der Waals surface area contributed by atoms with Gasteiger partial charge in [0, 0.05) is 122 Å². The summed E-state index contributed by atoms with van der Waals surface area (Å²) in [5, 5.41) is 1.86. The summed E-state index contributed by atoms with van der Waals surface area (Å²) in [6, 6.07) is 33.5. The molecule has 0 aliphatic carbocycles. The van der Waals surface area contributed by atoms with E-state index in [1.54, 1.807) is 76.2 Å². The van der Waals surface area contributed by atoms with Gasteiger partial charge in [-0.2, -0.15) is 0 Å². The van der Waals surface area contributed by atoms with Gasteiger partial charge in [0.05, 0.1) is 22.3 Å². The Morgan fingerprint density at radius 2 is 0.578 bits per heavy atom. The minimum atomic E-state index is -3.23. The first-order valence-corrected chi connectivity index (χ1v) is 43.0. The van der Waals surface area contributed by atoms with E-state index < -0.39 is 77.1 Å². The molecule has 0 fully saturated rings. The number of imide groups is 2. The van der Waals surface area contributed by atoms with E-state index >= 15 is 28.8 Å². The number of pyridine rings is 2. The number of aromatic nitrogens is 2. The standard InChI is InChI=1S/C92H100N4O18Si2/c1-47(2)59-23-27-67(53(13)35-59)109-71-41-63-77-64(88(98)95(87(63)97)85(51(9)10)91(101)113-75-39-57(31-33-93-75)45-115(103-17,104-18)105-19)43-73(111-69-29-25-61(49(5)6)37-55(69)15)81-82-74(112-70-30-26-62(50(7)8)38-56(70)16)44-66-78-65(42-72(80(84(78)82)79(71)83(77)81)110-68-28-24-60(48(3)4)36-54(68)14)89(99)96(90(66)100)86(52(11)12)92(102)114-76-40-58(32-34-94-76)46-116(106-20,107-21)108-22/h23-44,47-52,85-86H,45-46H2,1-22H3. The highest BCUT2D eigenvalue weighted by Crippen LogP contribution is 2.59. The SMILES string of the molecule is CO[Si](Cc1ccnc(OC(=O)C(C(C)C)N2C(=O)c3cc(Oc4ccc(C(C)C)cc4C)c4c5c(Oc6ccc(C(C)C)cc6C)cc6c7c(cc(Oc8ccc(C(C)C)cc8C)c(c8c(Oc9ccc(C(C)C)cc9C)cc(c3c48)C2=O)c75)C(=O)N(C(C(=O)Oc2cc(C[Si](OC)(OC)OC)ccn2)C(C)C)C6=O)c1)(OC)OC. The number of hydrogen-bond donors (Lipinski definition) is 0. The average molecular weight is 1610 g/mol. The number of nitrogens with zero attached hydrogens (tertiary/aromatic N) is 4. The maximum Gasteiger partial charge on any atom is 0.504 e. The predicted octanol–water partition coefficient (Wildman–Crippen LogP) is 19.8. The lowest BCUT2D eigenvalue weighted by Crippen LogP contribution is -2.54. The number of rotatable bonds is 30. The molecule has 116 heavy (non-hydrogen) atoms. The Hall–Kier alpha value is -10.8. The van der Waals surface area contributed by atoms with Crippen molar-refractivity contribution in [3.05, 3.63) is 212 Å². The molecule has 0 saturated heterocycles. The predicted molar refractivity (Wildman–Crippen MR) is 448 cm³/mol. The van der Waals surface area contributed by atoms with Crippen LogP contribution in [0.25, 0.3) is 43.1 Å². The van der Waals surface area contributed by atoms with Gasteiger partial charge in [-0.15, -0.1) is 0 Å². The van der Waals surface area contributed by atoms with Gasteiger partial charge in [0.1, 0.15) is 58.1 Å². The van der Waals surface area contributed by atoms with Gasteiger partial charge >= 0.3 is 29.5 Å². The second-order valence-corrected chi connectivity index (χ2v) is 37.8. The highest BCUT2D eigenvalue weighted by atomic mass is 28.4. The number of aryl methyl sites for hydroxylation is 4. The van der Waals surface area contributed by atoms with Crippen molar-refractivity contribution in [2.24, 2.45) is 11.8 Å². The summed E-state index contributed by atoms with van der Waals surface area (Å²) in [6.45, 7) is 31.3. The first-order valence-electron chi connectivity index (χ1n) is 39.1. The quantitative estimate of drug-likeness (QED) is 0.0133. The van der Waals surface area contributed by atoms with Crippen molar-refractivity contribution in [1.82, 2.24) is 19.8 Å². The summed E-state index contributed by atoms with van der Waals surface area (Å²) in [7, 11) is 2.49.